The number of carboxylic acid groups (broad SMARTS) is 1. The highest BCUT2D eigenvalue weighted by atomic mass is 32.1. The van der Waals surface area contributed by atoms with Crippen LogP contribution in [0.2, 0.25) is 0 Å². The molecular weight excluding hydrogens is 460 g/mol. The number of amides is 3. The first kappa shape index (κ1) is 27.5. The van der Waals surface area contributed by atoms with E-state index in [9.17, 15) is 29.4 Å². The van der Waals surface area contributed by atoms with Crippen molar-refractivity contribution in [2.45, 2.75) is 63.7 Å². The molecular formula is C23H34N4O6S. The van der Waals surface area contributed by atoms with Crippen LogP contribution in [0.5, 0.6) is 5.75 Å². The summed E-state index contributed by atoms with van der Waals surface area (Å²) < 4.78 is 0. The van der Waals surface area contributed by atoms with Crippen LogP contribution >= 0.6 is 12.6 Å². The Kier molecular flexibility index (Phi) is 10.2. The third-order valence-electron chi connectivity index (χ3n) is 6.19. The molecule has 0 bridgehead atoms. The fraction of sp³-hybridized carbons (Fsp3) is 0.565. The first-order valence-electron chi connectivity index (χ1n) is 11.4. The van der Waals surface area contributed by atoms with Gasteiger partial charge in [-0.05, 0) is 36.5 Å². The summed E-state index contributed by atoms with van der Waals surface area (Å²) in [6, 6.07) is 2.30. The molecule has 10 nitrogen and oxygen atoms in total. The molecule has 1 aliphatic rings. The van der Waals surface area contributed by atoms with E-state index in [1.54, 1.807) is 12.1 Å². The molecule has 1 saturated heterocycles. The van der Waals surface area contributed by atoms with E-state index in [-0.39, 0.29) is 29.7 Å². The predicted octanol–water partition coefficient (Wildman–Crippen LogP) is 0.283. The number of aromatic hydroxyl groups is 1. The maximum atomic E-state index is 13.2. The molecule has 6 N–H and O–H groups in total. The van der Waals surface area contributed by atoms with Crippen molar-refractivity contribution < 1.29 is 29.4 Å². The molecule has 1 aliphatic heterocycles. The number of likely N-dealkylation sites (tertiary alicyclic amines) is 1. The summed E-state index contributed by atoms with van der Waals surface area (Å²) in [5.74, 6) is -2.85. The zero-order chi connectivity index (χ0) is 25.4. The van der Waals surface area contributed by atoms with Gasteiger partial charge in [0.1, 0.15) is 23.9 Å². The van der Waals surface area contributed by atoms with Crippen molar-refractivity contribution in [1.82, 2.24) is 15.5 Å². The lowest BCUT2D eigenvalue weighted by molar-refractivity contribution is -0.142. The van der Waals surface area contributed by atoms with Crippen molar-refractivity contribution in [3.8, 4) is 5.75 Å². The van der Waals surface area contributed by atoms with Crippen molar-refractivity contribution in [3.63, 3.8) is 0 Å². The average Bonchev–Trinajstić information content (AvgIpc) is 3.31. The van der Waals surface area contributed by atoms with Gasteiger partial charge in [0.05, 0.1) is 6.04 Å². The monoisotopic (exact) mass is 494 g/mol. The van der Waals surface area contributed by atoms with Gasteiger partial charge in [-0.3, -0.25) is 14.4 Å². The zero-order valence-electron chi connectivity index (χ0n) is 19.4. The van der Waals surface area contributed by atoms with Gasteiger partial charge in [-0.1, -0.05) is 32.4 Å². The maximum absolute atomic E-state index is 13.2. The molecule has 1 fully saturated rings. The van der Waals surface area contributed by atoms with Gasteiger partial charge in [0.15, 0.2) is 0 Å². The topological polar surface area (TPSA) is 162 Å². The van der Waals surface area contributed by atoms with Crippen LogP contribution in [0, 0.1) is 5.92 Å². The number of benzene rings is 1. The molecule has 0 radical (unpaired) electrons. The highest BCUT2D eigenvalue weighted by Crippen LogP contribution is 2.21. The van der Waals surface area contributed by atoms with E-state index in [1.165, 1.54) is 17.0 Å². The second-order valence-electron chi connectivity index (χ2n) is 8.61. The number of nitrogens with one attached hydrogen (secondary N) is 2. The lowest BCUT2D eigenvalue weighted by atomic mass is 9.98. The molecule has 34 heavy (non-hydrogen) atoms. The van der Waals surface area contributed by atoms with Crippen LogP contribution in [0.3, 0.4) is 0 Å². The molecule has 5 unspecified atom stereocenters. The Hall–Kier alpha value is -2.79. The number of carbonyl (C=O) groups excluding carboxylic acids is 3. The molecule has 11 heteroatoms. The van der Waals surface area contributed by atoms with Gasteiger partial charge >= 0.3 is 5.97 Å². The van der Waals surface area contributed by atoms with Crippen molar-refractivity contribution in [1.29, 1.82) is 0 Å². The van der Waals surface area contributed by atoms with Crippen molar-refractivity contribution in [2.75, 3.05) is 12.3 Å². The van der Waals surface area contributed by atoms with Gasteiger partial charge in [0.25, 0.3) is 0 Å². The number of phenols is 1. The Morgan fingerprint density at radius 3 is 2.38 bits per heavy atom. The number of thiol groups is 1. The van der Waals surface area contributed by atoms with Gasteiger partial charge in [-0.2, -0.15) is 12.6 Å². The van der Waals surface area contributed by atoms with E-state index in [1.807, 2.05) is 13.8 Å². The highest BCUT2D eigenvalue weighted by molar-refractivity contribution is 7.80. The van der Waals surface area contributed by atoms with E-state index >= 15 is 0 Å². The molecule has 0 saturated carbocycles. The largest absolute Gasteiger partial charge is 0.508 e. The van der Waals surface area contributed by atoms with Crippen LogP contribution in [-0.4, -0.2) is 75.3 Å². The minimum Gasteiger partial charge on any atom is -0.508 e. The van der Waals surface area contributed by atoms with Crippen LogP contribution in [0.1, 0.15) is 38.7 Å². The first-order valence-corrected chi connectivity index (χ1v) is 12.0. The fourth-order valence-electron chi connectivity index (χ4n) is 3.79. The van der Waals surface area contributed by atoms with Crippen molar-refractivity contribution >= 4 is 36.3 Å². The predicted molar refractivity (Wildman–Crippen MR) is 129 cm³/mol. The van der Waals surface area contributed by atoms with Gasteiger partial charge < -0.3 is 31.5 Å². The first-order chi connectivity index (χ1) is 16.1. The molecule has 1 aromatic rings. The maximum Gasteiger partial charge on any atom is 0.327 e. The summed E-state index contributed by atoms with van der Waals surface area (Å²) in [5.41, 5.74) is 6.75. The van der Waals surface area contributed by atoms with E-state index in [4.69, 9.17) is 5.73 Å². The third kappa shape index (κ3) is 7.10. The van der Waals surface area contributed by atoms with Crippen LogP contribution in [0.15, 0.2) is 24.3 Å². The summed E-state index contributed by atoms with van der Waals surface area (Å²) in [4.78, 5) is 51.8. The van der Waals surface area contributed by atoms with Gasteiger partial charge in [-0.25, -0.2) is 4.79 Å². The number of hydrogen-bond acceptors (Lipinski definition) is 7. The summed E-state index contributed by atoms with van der Waals surface area (Å²) in [6.45, 7) is 4.22. The Morgan fingerprint density at radius 2 is 1.82 bits per heavy atom. The second kappa shape index (κ2) is 12.6. The molecule has 5 atom stereocenters. The van der Waals surface area contributed by atoms with Crippen LogP contribution in [0.4, 0.5) is 0 Å². The van der Waals surface area contributed by atoms with E-state index in [2.05, 4.69) is 23.3 Å². The lowest BCUT2D eigenvalue weighted by Crippen LogP contribution is -2.57. The summed E-state index contributed by atoms with van der Waals surface area (Å²) >= 11 is 3.96. The van der Waals surface area contributed by atoms with Crippen LogP contribution < -0.4 is 16.4 Å². The standard InChI is InChI=1S/C23H34N4O6S/c1-3-13(2)19(24)22(31)27-10-4-5-18(27)21(30)25-16(11-14-6-8-15(28)9-7-14)20(29)26-17(12-34)23(32)33/h6-9,13,16-19,28,34H,3-5,10-12,24H2,1-2H3,(H,25,30)(H,26,29)(H,32,33). The minimum absolute atomic E-state index is 0.0426. The summed E-state index contributed by atoms with van der Waals surface area (Å²) in [5, 5.41) is 23.9. The lowest BCUT2D eigenvalue weighted by Gasteiger charge is -2.30. The number of phenolic OH excluding ortho intramolecular Hbond substituents is 1. The van der Waals surface area contributed by atoms with Crippen molar-refractivity contribution in [3.05, 3.63) is 29.8 Å². The molecule has 0 aromatic heterocycles. The second-order valence-corrected chi connectivity index (χ2v) is 8.98. The highest BCUT2D eigenvalue weighted by Gasteiger charge is 2.38. The Labute approximate surface area is 204 Å². The van der Waals surface area contributed by atoms with E-state index in [0.29, 0.717) is 24.9 Å². The third-order valence-corrected chi connectivity index (χ3v) is 6.55. The number of aliphatic carboxylic acids is 1. The molecule has 3 amide bonds. The van der Waals surface area contributed by atoms with Crippen LogP contribution in [-0.2, 0) is 25.6 Å². The Bertz CT molecular complexity index is 881. The molecule has 188 valence electrons. The SMILES string of the molecule is CCC(C)C(N)C(=O)N1CCCC1C(=O)NC(Cc1ccc(O)cc1)C(=O)NC(CS)C(=O)O. The van der Waals surface area contributed by atoms with Gasteiger partial charge in [0, 0.05) is 18.7 Å². The molecule has 0 aliphatic carbocycles. The number of carbonyl (C=O) groups is 4. The number of hydrogen-bond donors (Lipinski definition) is 6. The number of nitrogens with zero attached hydrogens (tertiary/aromatic N) is 1. The average molecular weight is 495 g/mol. The van der Waals surface area contributed by atoms with E-state index < -0.39 is 42.0 Å². The van der Waals surface area contributed by atoms with Gasteiger partial charge in [0.2, 0.25) is 17.7 Å². The summed E-state index contributed by atoms with van der Waals surface area (Å²) in [6.07, 6.45) is 1.85. The van der Waals surface area contributed by atoms with Crippen molar-refractivity contribution in [2.24, 2.45) is 11.7 Å². The molecule has 0 spiro atoms. The number of rotatable bonds is 11. The number of nitrogens with two attached hydrogens (primary N) is 1. The smallest absolute Gasteiger partial charge is 0.327 e. The van der Waals surface area contributed by atoms with E-state index in [0.717, 1.165) is 6.42 Å². The Balaban J connectivity index is 2.20. The minimum atomic E-state index is -1.25. The van der Waals surface area contributed by atoms with Gasteiger partial charge in [-0.15, -0.1) is 0 Å². The molecule has 2 rings (SSSR count). The summed E-state index contributed by atoms with van der Waals surface area (Å²) in [7, 11) is 0. The molecule has 1 aromatic carbocycles. The zero-order valence-corrected chi connectivity index (χ0v) is 20.3. The quantitative estimate of drug-likeness (QED) is 0.241. The number of carboxylic acids is 1. The molecule has 1 heterocycles. The van der Waals surface area contributed by atoms with Crippen LogP contribution in [0.25, 0.3) is 0 Å². The fourth-order valence-corrected chi connectivity index (χ4v) is 4.04. The normalized spacial score (nSPS) is 19.1. The Morgan fingerprint density at radius 1 is 1.18 bits per heavy atom.